The third-order valence-electron chi connectivity index (χ3n) is 3.83. The number of fused-ring (bicyclic) bond motifs is 1. The standard InChI is InChI=1S/C17H11F2N3O2/c18-14-3-1-2-10(15(14)19)13-7-22-24-16(13)12-6-21-17-11(12)4-9(8-23)5-20-17/h1-7,23H,8H2,(H,20,21). The molecule has 4 aromatic rings. The van der Waals surface area contributed by atoms with E-state index in [2.05, 4.69) is 15.1 Å². The molecule has 0 radical (unpaired) electrons. The Morgan fingerprint density at radius 3 is 2.83 bits per heavy atom. The van der Waals surface area contributed by atoms with Gasteiger partial charge in [-0.3, -0.25) is 0 Å². The van der Waals surface area contributed by atoms with E-state index < -0.39 is 11.6 Å². The van der Waals surface area contributed by atoms with E-state index in [1.165, 1.54) is 18.3 Å². The number of aliphatic hydroxyl groups excluding tert-OH is 1. The van der Waals surface area contributed by atoms with Gasteiger partial charge >= 0.3 is 0 Å². The van der Waals surface area contributed by atoms with Crippen LogP contribution in [-0.4, -0.2) is 20.2 Å². The van der Waals surface area contributed by atoms with Gasteiger partial charge in [-0.15, -0.1) is 0 Å². The van der Waals surface area contributed by atoms with Crippen molar-refractivity contribution in [2.24, 2.45) is 0 Å². The summed E-state index contributed by atoms with van der Waals surface area (Å²) in [5.41, 5.74) is 2.21. The molecule has 0 amide bonds. The normalized spacial score (nSPS) is 11.3. The van der Waals surface area contributed by atoms with Crippen LogP contribution in [0.4, 0.5) is 8.78 Å². The predicted molar refractivity (Wildman–Crippen MR) is 82.9 cm³/mol. The van der Waals surface area contributed by atoms with E-state index in [1.807, 2.05) is 0 Å². The van der Waals surface area contributed by atoms with E-state index >= 15 is 0 Å². The summed E-state index contributed by atoms with van der Waals surface area (Å²) in [5.74, 6) is -1.61. The van der Waals surface area contributed by atoms with Crippen molar-refractivity contribution in [1.29, 1.82) is 0 Å². The monoisotopic (exact) mass is 327 g/mol. The number of H-pyrrole nitrogens is 1. The lowest BCUT2D eigenvalue weighted by Gasteiger charge is -2.03. The zero-order valence-electron chi connectivity index (χ0n) is 12.3. The second-order valence-corrected chi connectivity index (χ2v) is 5.27. The fourth-order valence-electron chi connectivity index (χ4n) is 2.66. The van der Waals surface area contributed by atoms with Crippen molar-refractivity contribution in [1.82, 2.24) is 15.1 Å². The third kappa shape index (κ3) is 2.17. The van der Waals surface area contributed by atoms with Crippen molar-refractivity contribution in [2.75, 3.05) is 0 Å². The molecule has 0 saturated carbocycles. The summed E-state index contributed by atoms with van der Waals surface area (Å²) in [4.78, 5) is 7.19. The van der Waals surface area contributed by atoms with E-state index in [0.29, 0.717) is 33.5 Å². The van der Waals surface area contributed by atoms with Crippen molar-refractivity contribution < 1.29 is 18.4 Å². The molecule has 0 bridgehead atoms. The summed E-state index contributed by atoms with van der Waals surface area (Å²) in [7, 11) is 0. The number of aromatic nitrogens is 3. The van der Waals surface area contributed by atoms with Gasteiger partial charge < -0.3 is 14.6 Å². The van der Waals surface area contributed by atoms with Gasteiger partial charge in [-0.2, -0.15) is 0 Å². The summed E-state index contributed by atoms with van der Waals surface area (Å²) in [6.07, 6.45) is 4.55. The summed E-state index contributed by atoms with van der Waals surface area (Å²) >= 11 is 0. The molecule has 3 heterocycles. The minimum absolute atomic E-state index is 0.0619. The molecule has 1 aromatic carbocycles. The molecule has 0 unspecified atom stereocenters. The van der Waals surface area contributed by atoms with Crippen LogP contribution in [0.5, 0.6) is 0 Å². The first-order valence-corrected chi connectivity index (χ1v) is 7.15. The van der Waals surface area contributed by atoms with Crippen LogP contribution >= 0.6 is 0 Å². The quantitative estimate of drug-likeness (QED) is 0.602. The number of benzene rings is 1. The van der Waals surface area contributed by atoms with Crippen LogP contribution in [0, 0.1) is 11.6 Å². The van der Waals surface area contributed by atoms with Gasteiger partial charge in [0.15, 0.2) is 17.4 Å². The molecule has 0 aliphatic carbocycles. The Kier molecular flexibility index (Phi) is 3.35. The fraction of sp³-hybridized carbons (Fsp3) is 0.0588. The summed E-state index contributed by atoms with van der Waals surface area (Å²) in [6, 6.07) is 5.68. The Hall–Kier alpha value is -3.06. The molecule has 7 heteroatoms. The van der Waals surface area contributed by atoms with Crippen LogP contribution in [-0.2, 0) is 6.61 Å². The maximum absolute atomic E-state index is 14.1. The van der Waals surface area contributed by atoms with Gasteiger partial charge in [0.1, 0.15) is 5.65 Å². The number of halogens is 2. The molecular weight excluding hydrogens is 316 g/mol. The lowest BCUT2D eigenvalue weighted by Crippen LogP contribution is -1.89. The van der Waals surface area contributed by atoms with Gasteiger partial charge in [-0.25, -0.2) is 13.8 Å². The van der Waals surface area contributed by atoms with Crippen LogP contribution < -0.4 is 0 Å². The average Bonchev–Trinajstić information content (AvgIpc) is 3.22. The molecule has 0 aliphatic rings. The highest BCUT2D eigenvalue weighted by atomic mass is 19.2. The van der Waals surface area contributed by atoms with Gasteiger partial charge in [0.25, 0.3) is 0 Å². The lowest BCUT2D eigenvalue weighted by atomic mass is 10.0. The molecule has 0 fully saturated rings. The van der Waals surface area contributed by atoms with Crippen molar-refractivity contribution in [2.45, 2.75) is 6.61 Å². The summed E-state index contributed by atoms with van der Waals surface area (Å²) < 4.78 is 32.9. The van der Waals surface area contributed by atoms with Gasteiger partial charge in [-0.1, -0.05) is 17.3 Å². The van der Waals surface area contributed by atoms with E-state index in [0.717, 1.165) is 6.07 Å². The Morgan fingerprint density at radius 2 is 2.00 bits per heavy atom. The zero-order chi connectivity index (χ0) is 16.7. The second-order valence-electron chi connectivity index (χ2n) is 5.27. The van der Waals surface area contributed by atoms with E-state index in [-0.39, 0.29) is 12.2 Å². The number of hydrogen-bond acceptors (Lipinski definition) is 4. The predicted octanol–water partition coefficient (Wildman–Crippen LogP) is 3.66. The number of aliphatic hydroxyl groups is 1. The van der Waals surface area contributed by atoms with Crippen molar-refractivity contribution >= 4 is 11.0 Å². The number of pyridine rings is 1. The lowest BCUT2D eigenvalue weighted by molar-refractivity contribution is 0.281. The van der Waals surface area contributed by atoms with Crippen molar-refractivity contribution in [3.8, 4) is 22.5 Å². The first-order valence-electron chi connectivity index (χ1n) is 7.15. The zero-order valence-corrected chi connectivity index (χ0v) is 12.3. The third-order valence-corrected chi connectivity index (χ3v) is 3.83. The van der Waals surface area contributed by atoms with Gasteiger partial charge in [-0.05, 0) is 17.7 Å². The number of nitrogens with one attached hydrogen (secondary N) is 1. The van der Waals surface area contributed by atoms with Crippen molar-refractivity contribution in [3.63, 3.8) is 0 Å². The molecule has 0 spiro atoms. The first kappa shape index (κ1) is 14.5. The second kappa shape index (κ2) is 5.54. The van der Waals surface area contributed by atoms with E-state index in [4.69, 9.17) is 4.52 Å². The van der Waals surface area contributed by atoms with E-state index in [1.54, 1.807) is 18.5 Å². The number of hydrogen-bond donors (Lipinski definition) is 2. The largest absolute Gasteiger partial charge is 0.392 e. The Bertz CT molecular complexity index is 1040. The molecule has 24 heavy (non-hydrogen) atoms. The van der Waals surface area contributed by atoms with Gasteiger partial charge in [0.05, 0.1) is 18.4 Å². The van der Waals surface area contributed by atoms with Gasteiger partial charge in [0, 0.05) is 28.9 Å². The van der Waals surface area contributed by atoms with Crippen molar-refractivity contribution in [3.05, 3.63) is 60.1 Å². The molecule has 2 N–H and O–H groups in total. The highest BCUT2D eigenvalue weighted by molar-refractivity contribution is 5.96. The minimum atomic E-state index is -0.962. The Labute approximate surface area is 134 Å². The first-order chi connectivity index (χ1) is 11.7. The molecule has 4 rings (SSSR count). The van der Waals surface area contributed by atoms with E-state index in [9.17, 15) is 13.9 Å². The molecule has 0 atom stereocenters. The van der Waals surface area contributed by atoms with Crippen LogP contribution in [0.25, 0.3) is 33.5 Å². The van der Waals surface area contributed by atoms with Crippen LogP contribution in [0.2, 0.25) is 0 Å². The smallest absolute Gasteiger partial charge is 0.176 e. The van der Waals surface area contributed by atoms with Crippen LogP contribution in [0.1, 0.15) is 5.56 Å². The maximum atomic E-state index is 14.1. The topological polar surface area (TPSA) is 74.9 Å². The fourth-order valence-corrected chi connectivity index (χ4v) is 2.66. The Balaban J connectivity index is 1.94. The molecule has 3 aromatic heterocycles. The molecule has 0 aliphatic heterocycles. The summed E-state index contributed by atoms with van der Waals surface area (Å²) in [6.45, 7) is -0.157. The maximum Gasteiger partial charge on any atom is 0.176 e. The minimum Gasteiger partial charge on any atom is -0.392 e. The van der Waals surface area contributed by atoms with Crippen LogP contribution in [0.15, 0.2) is 47.4 Å². The van der Waals surface area contributed by atoms with Crippen LogP contribution in [0.3, 0.4) is 0 Å². The highest BCUT2D eigenvalue weighted by Crippen LogP contribution is 2.37. The molecule has 0 saturated heterocycles. The Morgan fingerprint density at radius 1 is 1.12 bits per heavy atom. The molecular formula is C17H11F2N3O2. The average molecular weight is 327 g/mol. The number of nitrogens with zero attached hydrogens (tertiary/aromatic N) is 2. The van der Waals surface area contributed by atoms with Gasteiger partial charge in [0.2, 0.25) is 0 Å². The molecule has 5 nitrogen and oxygen atoms in total. The number of rotatable bonds is 3. The number of aromatic amines is 1. The SMILES string of the molecule is OCc1cnc2[nH]cc(-c3oncc3-c3cccc(F)c3F)c2c1. The highest BCUT2D eigenvalue weighted by Gasteiger charge is 2.20. The molecule has 120 valence electrons. The summed E-state index contributed by atoms with van der Waals surface area (Å²) in [5, 5.41) is 13.7.